The largest absolute Gasteiger partial charge is 0.381 e. The highest BCUT2D eigenvalue weighted by Crippen LogP contribution is 2.65. The van der Waals surface area contributed by atoms with E-state index in [-0.39, 0.29) is 5.41 Å². The van der Waals surface area contributed by atoms with Gasteiger partial charge in [-0.25, -0.2) is 0 Å². The van der Waals surface area contributed by atoms with E-state index in [1.54, 1.807) is 0 Å². The lowest BCUT2D eigenvalue weighted by Crippen LogP contribution is -2.54. The van der Waals surface area contributed by atoms with Crippen molar-refractivity contribution in [3.63, 3.8) is 0 Å². The van der Waals surface area contributed by atoms with Crippen LogP contribution in [0.1, 0.15) is 71.6 Å². The molecule has 0 N–H and O–H groups in total. The predicted molar refractivity (Wildman–Crippen MR) is 87.5 cm³/mol. The van der Waals surface area contributed by atoms with E-state index >= 15 is 0 Å². The number of methoxy groups -OCH3 is 1. The zero-order valence-corrected chi connectivity index (χ0v) is 14.6. The maximum absolute atomic E-state index is 12.4. The van der Waals surface area contributed by atoms with Gasteiger partial charge >= 0.3 is 0 Å². The van der Waals surface area contributed by atoms with Gasteiger partial charge in [0.25, 0.3) is 0 Å². The summed E-state index contributed by atoms with van der Waals surface area (Å²) in [5.74, 6) is 3.82. The molecule has 0 heterocycles. The molecule has 0 saturated heterocycles. The summed E-state index contributed by atoms with van der Waals surface area (Å²) in [6.45, 7) is 4.87. The molecule has 124 valence electrons. The minimum atomic E-state index is 0.0358. The van der Waals surface area contributed by atoms with Gasteiger partial charge < -0.3 is 4.74 Å². The maximum Gasteiger partial charge on any atom is 0.139 e. The van der Waals surface area contributed by atoms with Crippen LogP contribution in [0.5, 0.6) is 0 Å². The van der Waals surface area contributed by atoms with Crippen molar-refractivity contribution in [3.8, 4) is 0 Å². The Morgan fingerprint density at radius 3 is 2.59 bits per heavy atom. The van der Waals surface area contributed by atoms with Crippen LogP contribution in [0.25, 0.3) is 0 Å². The van der Waals surface area contributed by atoms with E-state index in [1.807, 2.05) is 7.11 Å². The summed E-state index contributed by atoms with van der Waals surface area (Å²) in [6.07, 6.45) is 11.6. The number of Topliss-reactive ketones (excluding diaryl/α,β-unsaturated/α-hetero) is 1. The molecular formula is C20H32O2. The standard InChI is InChI=1S/C20H32O2/c1-19-10-8-14(22-3)12-13(19)4-5-15-16-6-7-18(21)20(16,2)11-9-17(15)19/h13-17H,4-12H2,1-3H3/t13-,14+,15-,16-,17-,19-,20-/m0/s1. The van der Waals surface area contributed by atoms with Crippen molar-refractivity contribution in [1.29, 1.82) is 0 Å². The SMILES string of the molecule is CO[C@@H]1CC[C@@]2(C)[C@@H](CC[C@@H]3[C@@H]2CC[C@]2(C)C(=O)CC[C@@H]32)C1. The van der Waals surface area contributed by atoms with E-state index < -0.39 is 0 Å². The normalized spacial score (nSPS) is 54.5. The first-order valence-electron chi connectivity index (χ1n) is 9.55. The van der Waals surface area contributed by atoms with E-state index in [0.717, 1.165) is 30.6 Å². The van der Waals surface area contributed by atoms with Gasteiger partial charge in [-0.05, 0) is 80.5 Å². The monoisotopic (exact) mass is 304 g/mol. The van der Waals surface area contributed by atoms with E-state index in [9.17, 15) is 4.79 Å². The molecular weight excluding hydrogens is 272 g/mol. The first-order valence-corrected chi connectivity index (χ1v) is 9.55. The third kappa shape index (κ3) is 1.92. The lowest BCUT2D eigenvalue weighted by molar-refractivity contribution is -0.143. The van der Waals surface area contributed by atoms with Gasteiger partial charge in [0.05, 0.1) is 6.10 Å². The first-order chi connectivity index (χ1) is 10.5. The van der Waals surface area contributed by atoms with Gasteiger partial charge in [-0.1, -0.05) is 13.8 Å². The Morgan fingerprint density at radius 2 is 1.82 bits per heavy atom. The van der Waals surface area contributed by atoms with Gasteiger partial charge in [0, 0.05) is 18.9 Å². The number of fused-ring (bicyclic) bond motifs is 5. The fraction of sp³-hybridized carbons (Fsp3) is 0.950. The lowest BCUT2D eigenvalue weighted by atomic mass is 9.45. The Kier molecular flexibility index (Phi) is 3.49. The number of carbonyl (C=O) groups is 1. The molecule has 4 aliphatic rings. The molecule has 0 aromatic heterocycles. The summed E-state index contributed by atoms with van der Waals surface area (Å²) in [5, 5.41) is 0. The number of ketones is 1. The molecule has 0 bridgehead atoms. The molecule has 0 aliphatic heterocycles. The number of hydrogen-bond donors (Lipinski definition) is 0. The van der Waals surface area contributed by atoms with Crippen LogP contribution in [0.15, 0.2) is 0 Å². The smallest absolute Gasteiger partial charge is 0.139 e. The Balaban J connectivity index is 1.60. The number of ether oxygens (including phenoxy) is 1. The first kappa shape index (κ1) is 15.2. The summed E-state index contributed by atoms with van der Waals surface area (Å²) >= 11 is 0. The molecule has 0 aromatic carbocycles. The molecule has 2 nitrogen and oxygen atoms in total. The molecule has 0 spiro atoms. The predicted octanol–water partition coefficient (Wildman–Crippen LogP) is 4.61. The second-order valence-electron chi connectivity index (χ2n) is 9.21. The summed E-state index contributed by atoms with van der Waals surface area (Å²) in [4.78, 5) is 12.4. The van der Waals surface area contributed by atoms with Gasteiger partial charge in [-0.2, -0.15) is 0 Å². The van der Waals surface area contributed by atoms with Crippen LogP contribution in [0, 0.1) is 34.5 Å². The van der Waals surface area contributed by atoms with Crippen molar-refractivity contribution in [2.45, 2.75) is 77.7 Å². The molecule has 4 fully saturated rings. The average molecular weight is 304 g/mol. The molecule has 0 aromatic rings. The number of hydrogen-bond acceptors (Lipinski definition) is 2. The van der Waals surface area contributed by atoms with Crippen LogP contribution in [0.4, 0.5) is 0 Å². The van der Waals surface area contributed by atoms with Crippen molar-refractivity contribution < 1.29 is 9.53 Å². The maximum atomic E-state index is 12.4. The van der Waals surface area contributed by atoms with Gasteiger partial charge in [0.2, 0.25) is 0 Å². The second-order valence-corrected chi connectivity index (χ2v) is 9.21. The average Bonchev–Trinajstić information content (AvgIpc) is 2.82. The fourth-order valence-electron chi connectivity index (χ4n) is 7.20. The Labute approximate surface area is 135 Å². The molecule has 7 atom stereocenters. The van der Waals surface area contributed by atoms with Gasteiger partial charge in [0.1, 0.15) is 5.78 Å². The van der Waals surface area contributed by atoms with Crippen molar-refractivity contribution >= 4 is 5.78 Å². The number of carbonyl (C=O) groups excluding carboxylic acids is 1. The molecule has 0 radical (unpaired) electrons. The van der Waals surface area contributed by atoms with Crippen molar-refractivity contribution in [2.24, 2.45) is 34.5 Å². The van der Waals surface area contributed by atoms with Gasteiger partial charge in [0.15, 0.2) is 0 Å². The summed E-state index contributed by atoms with van der Waals surface area (Å²) in [7, 11) is 1.88. The Hall–Kier alpha value is -0.370. The highest BCUT2D eigenvalue weighted by atomic mass is 16.5. The molecule has 2 heteroatoms. The lowest BCUT2D eigenvalue weighted by Gasteiger charge is -2.60. The Morgan fingerprint density at radius 1 is 1.00 bits per heavy atom. The van der Waals surface area contributed by atoms with Crippen molar-refractivity contribution in [1.82, 2.24) is 0 Å². The van der Waals surface area contributed by atoms with E-state index in [0.29, 0.717) is 23.2 Å². The van der Waals surface area contributed by atoms with Crippen LogP contribution < -0.4 is 0 Å². The minimum Gasteiger partial charge on any atom is -0.381 e. The molecule has 0 unspecified atom stereocenters. The van der Waals surface area contributed by atoms with Crippen LogP contribution >= 0.6 is 0 Å². The fourth-order valence-corrected chi connectivity index (χ4v) is 7.20. The Bertz CT molecular complexity index is 472. The van der Waals surface area contributed by atoms with Crippen LogP contribution in [0.2, 0.25) is 0 Å². The van der Waals surface area contributed by atoms with E-state index in [4.69, 9.17) is 4.74 Å². The summed E-state index contributed by atoms with van der Waals surface area (Å²) in [5.41, 5.74) is 0.555. The zero-order chi connectivity index (χ0) is 15.5. The van der Waals surface area contributed by atoms with Crippen molar-refractivity contribution in [2.75, 3.05) is 7.11 Å². The van der Waals surface area contributed by atoms with Crippen LogP contribution in [-0.2, 0) is 9.53 Å². The van der Waals surface area contributed by atoms with Crippen LogP contribution in [-0.4, -0.2) is 19.0 Å². The molecule has 4 rings (SSSR count). The van der Waals surface area contributed by atoms with Crippen molar-refractivity contribution in [3.05, 3.63) is 0 Å². The molecule has 22 heavy (non-hydrogen) atoms. The quantitative estimate of drug-likeness (QED) is 0.707. The van der Waals surface area contributed by atoms with Gasteiger partial charge in [-0.15, -0.1) is 0 Å². The minimum absolute atomic E-state index is 0.0358. The third-order valence-corrected chi connectivity index (χ3v) is 8.66. The van der Waals surface area contributed by atoms with Gasteiger partial charge in [-0.3, -0.25) is 4.79 Å². The molecule has 4 saturated carbocycles. The summed E-state index contributed by atoms with van der Waals surface area (Å²) < 4.78 is 5.68. The number of rotatable bonds is 1. The van der Waals surface area contributed by atoms with E-state index in [1.165, 1.54) is 44.9 Å². The highest BCUT2D eigenvalue weighted by molar-refractivity contribution is 5.87. The topological polar surface area (TPSA) is 26.3 Å². The van der Waals surface area contributed by atoms with Crippen LogP contribution in [0.3, 0.4) is 0 Å². The third-order valence-electron chi connectivity index (χ3n) is 8.66. The highest BCUT2D eigenvalue weighted by Gasteiger charge is 2.60. The molecule has 4 aliphatic carbocycles. The zero-order valence-electron chi connectivity index (χ0n) is 14.6. The summed E-state index contributed by atoms with van der Waals surface area (Å²) in [6, 6.07) is 0. The molecule has 0 amide bonds. The second kappa shape index (κ2) is 5.06. The van der Waals surface area contributed by atoms with E-state index in [2.05, 4.69) is 13.8 Å².